The molecular formula is C22H26ClFN2O2. The highest BCUT2D eigenvalue weighted by Gasteiger charge is 2.26. The van der Waals surface area contributed by atoms with Crippen molar-refractivity contribution in [1.82, 2.24) is 10.2 Å². The summed E-state index contributed by atoms with van der Waals surface area (Å²) in [6.45, 7) is 7.80. The summed E-state index contributed by atoms with van der Waals surface area (Å²) in [4.78, 5) is 14.5. The van der Waals surface area contributed by atoms with Gasteiger partial charge in [0.2, 0.25) is 0 Å². The summed E-state index contributed by atoms with van der Waals surface area (Å²) < 4.78 is 18.6. The Bertz CT molecular complexity index is 866. The summed E-state index contributed by atoms with van der Waals surface area (Å²) in [5, 5.41) is 2.87. The quantitative estimate of drug-likeness (QED) is 0.758. The molecule has 2 aromatic rings. The van der Waals surface area contributed by atoms with Gasteiger partial charge in [-0.2, -0.15) is 0 Å². The SMILES string of the molecule is COc1ccc(CCN2CC(CNC(=O)c3ccc(F)c(Cl)c3)C2)c(C)c1C. The molecule has 0 bridgehead atoms. The van der Waals surface area contributed by atoms with Crippen LogP contribution in [0.1, 0.15) is 27.0 Å². The van der Waals surface area contributed by atoms with Gasteiger partial charge in [0.25, 0.3) is 5.91 Å². The van der Waals surface area contributed by atoms with E-state index in [9.17, 15) is 9.18 Å². The highest BCUT2D eigenvalue weighted by atomic mass is 35.5. The third kappa shape index (κ3) is 4.65. The van der Waals surface area contributed by atoms with Gasteiger partial charge in [-0.1, -0.05) is 17.7 Å². The number of methoxy groups -OCH3 is 1. The van der Waals surface area contributed by atoms with E-state index >= 15 is 0 Å². The summed E-state index contributed by atoms with van der Waals surface area (Å²) >= 11 is 5.73. The van der Waals surface area contributed by atoms with Crippen LogP contribution in [0.15, 0.2) is 30.3 Å². The van der Waals surface area contributed by atoms with Crippen molar-refractivity contribution < 1.29 is 13.9 Å². The van der Waals surface area contributed by atoms with E-state index in [0.717, 1.165) is 31.8 Å². The molecule has 2 aromatic carbocycles. The number of halogens is 2. The summed E-state index contributed by atoms with van der Waals surface area (Å²) in [6, 6.07) is 8.20. The van der Waals surface area contributed by atoms with Gasteiger partial charge in [0, 0.05) is 37.7 Å². The van der Waals surface area contributed by atoms with Crippen LogP contribution in [-0.2, 0) is 6.42 Å². The lowest BCUT2D eigenvalue weighted by Gasteiger charge is -2.39. The monoisotopic (exact) mass is 404 g/mol. The molecule has 0 aliphatic carbocycles. The molecule has 0 spiro atoms. The number of carbonyl (C=O) groups excluding carboxylic acids is 1. The molecule has 0 aromatic heterocycles. The maximum absolute atomic E-state index is 13.2. The molecule has 150 valence electrons. The van der Waals surface area contributed by atoms with Crippen LogP contribution in [0.4, 0.5) is 4.39 Å². The molecule has 1 heterocycles. The van der Waals surface area contributed by atoms with Crippen molar-refractivity contribution in [2.45, 2.75) is 20.3 Å². The number of amides is 1. The topological polar surface area (TPSA) is 41.6 Å². The number of nitrogens with zero attached hydrogens (tertiary/aromatic N) is 1. The zero-order valence-electron chi connectivity index (χ0n) is 16.5. The number of hydrogen-bond donors (Lipinski definition) is 1. The van der Waals surface area contributed by atoms with Gasteiger partial charge in [-0.3, -0.25) is 4.79 Å². The van der Waals surface area contributed by atoms with Gasteiger partial charge in [0.05, 0.1) is 12.1 Å². The minimum absolute atomic E-state index is 0.0356. The van der Waals surface area contributed by atoms with Crippen molar-refractivity contribution >= 4 is 17.5 Å². The minimum atomic E-state index is -0.518. The Morgan fingerprint density at radius 1 is 1.25 bits per heavy atom. The van der Waals surface area contributed by atoms with Crippen molar-refractivity contribution in [3.63, 3.8) is 0 Å². The Morgan fingerprint density at radius 2 is 2.00 bits per heavy atom. The van der Waals surface area contributed by atoms with Crippen LogP contribution in [0.2, 0.25) is 5.02 Å². The average molecular weight is 405 g/mol. The summed E-state index contributed by atoms with van der Waals surface area (Å²) in [5.41, 5.74) is 4.22. The second-order valence-corrected chi connectivity index (χ2v) is 7.80. The molecule has 0 atom stereocenters. The van der Waals surface area contributed by atoms with Crippen LogP contribution in [-0.4, -0.2) is 44.1 Å². The number of nitrogens with one attached hydrogen (secondary N) is 1. The largest absolute Gasteiger partial charge is 0.496 e. The van der Waals surface area contributed by atoms with Gasteiger partial charge >= 0.3 is 0 Å². The number of ether oxygens (including phenoxy) is 1. The number of hydrogen-bond acceptors (Lipinski definition) is 3. The zero-order chi connectivity index (χ0) is 20.3. The average Bonchev–Trinajstić information content (AvgIpc) is 2.65. The van der Waals surface area contributed by atoms with Crippen molar-refractivity contribution in [2.75, 3.05) is 33.3 Å². The molecule has 1 aliphatic heterocycles. The molecule has 1 saturated heterocycles. The maximum atomic E-state index is 13.2. The van der Waals surface area contributed by atoms with Crippen molar-refractivity contribution in [3.05, 3.63) is 63.4 Å². The van der Waals surface area contributed by atoms with E-state index in [2.05, 4.69) is 30.1 Å². The number of rotatable bonds is 7. The van der Waals surface area contributed by atoms with E-state index in [0.29, 0.717) is 18.0 Å². The van der Waals surface area contributed by atoms with Gasteiger partial charge in [-0.05, 0) is 61.2 Å². The van der Waals surface area contributed by atoms with Crippen LogP contribution in [0.25, 0.3) is 0 Å². The van der Waals surface area contributed by atoms with Crippen LogP contribution in [0.5, 0.6) is 5.75 Å². The second kappa shape index (κ2) is 8.93. The molecule has 0 radical (unpaired) electrons. The summed E-state index contributed by atoms with van der Waals surface area (Å²) in [5.74, 6) is 0.641. The Balaban J connectivity index is 1.41. The molecule has 1 aliphatic rings. The Morgan fingerprint density at radius 3 is 2.68 bits per heavy atom. The molecule has 4 nitrogen and oxygen atoms in total. The van der Waals surface area contributed by atoms with Crippen LogP contribution < -0.4 is 10.1 Å². The van der Waals surface area contributed by atoms with Crippen LogP contribution in [0, 0.1) is 25.6 Å². The fraction of sp³-hybridized carbons (Fsp3) is 0.409. The molecule has 3 rings (SSSR count). The molecule has 28 heavy (non-hydrogen) atoms. The lowest BCUT2D eigenvalue weighted by molar-refractivity contribution is 0.0839. The van der Waals surface area contributed by atoms with Gasteiger partial charge in [0.15, 0.2) is 0 Å². The first kappa shape index (κ1) is 20.6. The van der Waals surface area contributed by atoms with Crippen molar-refractivity contribution in [2.24, 2.45) is 5.92 Å². The normalized spacial score (nSPS) is 14.6. The predicted octanol–water partition coefficient (Wildman–Crippen LogP) is 4.01. The molecule has 1 amide bonds. The Labute approximate surface area is 170 Å². The van der Waals surface area contributed by atoms with E-state index in [4.69, 9.17) is 16.3 Å². The summed E-state index contributed by atoms with van der Waals surface area (Å²) in [7, 11) is 1.70. The van der Waals surface area contributed by atoms with E-state index in [1.807, 2.05) is 6.07 Å². The smallest absolute Gasteiger partial charge is 0.251 e. The predicted molar refractivity (Wildman–Crippen MR) is 110 cm³/mol. The van der Waals surface area contributed by atoms with Crippen LogP contribution >= 0.6 is 11.6 Å². The highest BCUT2D eigenvalue weighted by Crippen LogP contribution is 2.25. The first-order chi connectivity index (χ1) is 13.4. The standard InChI is InChI=1S/C22H26ClFN2O2/c1-14-15(2)21(28-3)7-5-17(14)8-9-26-12-16(13-26)11-25-22(27)18-4-6-20(24)19(23)10-18/h4-7,10,16H,8-9,11-13H2,1-3H3,(H,25,27). The molecule has 0 saturated carbocycles. The molecular weight excluding hydrogens is 379 g/mol. The van der Waals surface area contributed by atoms with E-state index < -0.39 is 5.82 Å². The first-order valence-electron chi connectivity index (χ1n) is 9.47. The third-order valence-corrected chi connectivity index (χ3v) is 5.82. The molecule has 1 N–H and O–H groups in total. The number of benzene rings is 2. The number of carbonyl (C=O) groups is 1. The zero-order valence-corrected chi connectivity index (χ0v) is 17.3. The van der Waals surface area contributed by atoms with E-state index in [1.54, 1.807) is 7.11 Å². The van der Waals surface area contributed by atoms with Gasteiger partial charge in [-0.15, -0.1) is 0 Å². The minimum Gasteiger partial charge on any atom is -0.496 e. The highest BCUT2D eigenvalue weighted by molar-refractivity contribution is 6.31. The fourth-order valence-electron chi connectivity index (χ4n) is 3.59. The van der Waals surface area contributed by atoms with Crippen molar-refractivity contribution in [3.8, 4) is 5.75 Å². The fourth-order valence-corrected chi connectivity index (χ4v) is 3.77. The van der Waals surface area contributed by atoms with Crippen molar-refractivity contribution in [1.29, 1.82) is 0 Å². The number of likely N-dealkylation sites (tertiary alicyclic amines) is 1. The lowest BCUT2D eigenvalue weighted by Crippen LogP contribution is -2.51. The van der Waals surface area contributed by atoms with Gasteiger partial charge < -0.3 is 15.0 Å². The van der Waals surface area contributed by atoms with Gasteiger partial charge in [0.1, 0.15) is 11.6 Å². The second-order valence-electron chi connectivity index (χ2n) is 7.39. The van der Waals surface area contributed by atoms with Crippen LogP contribution in [0.3, 0.4) is 0 Å². The van der Waals surface area contributed by atoms with Gasteiger partial charge in [-0.25, -0.2) is 4.39 Å². The van der Waals surface area contributed by atoms with E-state index in [1.165, 1.54) is 34.9 Å². The molecule has 1 fully saturated rings. The Kier molecular flexibility index (Phi) is 6.57. The maximum Gasteiger partial charge on any atom is 0.251 e. The summed E-state index contributed by atoms with van der Waals surface area (Å²) in [6.07, 6.45) is 1.00. The molecule has 6 heteroatoms. The molecule has 0 unspecified atom stereocenters. The first-order valence-corrected chi connectivity index (χ1v) is 9.85. The Hall–Kier alpha value is -2.11. The third-order valence-electron chi connectivity index (χ3n) is 5.53. The lowest BCUT2D eigenvalue weighted by atomic mass is 9.96. The van der Waals surface area contributed by atoms with E-state index in [-0.39, 0.29) is 10.9 Å².